The Labute approximate surface area is 166 Å². The summed E-state index contributed by atoms with van der Waals surface area (Å²) in [6, 6.07) is 12.7. The zero-order valence-electron chi connectivity index (χ0n) is 16.3. The van der Waals surface area contributed by atoms with E-state index in [0.717, 1.165) is 29.4 Å². The van der Waals surface area contributed by atoms with E-state index in [0.29, 0.717) is 5.69 Å². The molecule has 0 spiro atoms. The Morgan fingerprint density at radius 3 is 2.68 bits per heavy atom. The molecule has 1 aliphatic rings. The number of carbonyl (C=O) groups is 1. The molecule has 0 saturated heterocycles. The number of carbonyl (C=O) groups excluding carboxylic acids is 1. The van der Waals surface area contributed by atoms with Crippen molar-refractivity contribution in [3.63, 3.8) is 0 Å². The summed E-state index contributed by atoms with van der Waals surface area (Å²) >= 11 is 0. The summed E-state index contributed by atoms with van der Waals surface area (Å²) in [4.78, 5) is 14.7. The SMILES string of the molecule is COc1ccc(NC(=O)CN2CCCc3ccccc32)cc1S(=O)(=O)N(C)C. The molecule has 1 amide bonds. The minimum absolute atomic E-state index is 0.0149. The molecule has 150 valence electrons. The van der Waals surface area contributed by atoms with Gasteiger partial charge in [0.25, 0.3) is 0 Å². The number of para-hydroxylation sites is 1. The maximum Gasteiger partial charge on any atom is 0.246 e. The molecule has 2 aromatic rings. The average molecular weight is 404 g/mol. The van der Waals surface area contributed by atoms with Gasteiger partial charge < -0.3 is 15.0 Å². The zero-order chi connectivity index (χ0) is 20.3. The second-order valence-electron chi connectivity index (χ2n) is 6.86. The van der Waals surface area contributed by atoms with Gasteiger partial charge in [-0.05, 0) is 42.7 Å². The van der Waals surface area contributed by atoms with Crippen LogP contribution in [0.4, 0.5) is 11.4 Å². The highest BCUT2D eigenvalue weighted by Crippen LogP contribution is 2.29. The number of aryl methyl sites for hydroxylation is 1. The molecule has 8 heteroatoms. The Bertz CT molecular complexity index is 973. The lowest BCUT2D eigenvalue weighted by molar-refractivity contribution is -0.115. The van der Waals surface area contributed by atoms with Crippen LogP contribution in [0.2, 0.25) is 0 Å². The number of nitrogens with zero attached hydrogens (tertiary/aromatic N) is 2. The van der Waals surface area contributed by atoms with Gasteiger partial charge in [0.1, 0.15) is 10.6 Å². The minimum atomic E-state index is -3.70. The number of hydrogen-bond donors (Lipinski definition) is 1. The predicted octanol–water partition coefficient (Wildman–Crippen LogP) is 2.34. The summed E-state index contributed by atoms with van der Waals surface area (Å²) in [5, 5.41) is 2.80. The number of anilines is 2. The van der Waals surface area contributed by atoms with Crippen LogP contribution in [0.25, 0.3) is 0 Å². The van der Waals surface area contributed by atoms with Crippen molar-refractivity contribution in [1.29, 1.82) is 0 Å². The number of benzene rings is 2. The van der Waals surface area contributed by atoms with Crippen LogP contribution in [-0.4, -0.2) is 52.9 Å². The molecule has 0 radical (unpaired) electrons. The number of amides is 1. The largest absolute Gasteiger partial charge is 0.495 e. The van der Waals surface area contributed by atoms with Crippen molar-refractivity contribution in [1.82, 2.24) is 4.31 Å². The average Bonchev–Trinajstić information content (AvgIpc) is 2.68. The molecule has 28 heavy (non-hydrogen) atoms. The first-order chi connectivity index (χ1) is 13.3. The van der Waals surface area contributed by atoms with Gasteiger partial charge in [-0.15, -0.1) is 0 Å². The molecule has 0 saturated carbocycles. The summed E-state index contributed by atoms with van der Waals surface area (Å²) in [6.07, 6.45) is 2.01. The molecule has 3 rings (SSSR count). The van der Waals surface area contributed by atoms with Crippen LogP contribution in [0.5, 0.6) is 5.75 Å². The summed E-state index contributed by atoms with van der Waals surface area (Å²) in [5.41, 5.74) is 2.73. The summed E-state index contributed by atoms with van der Waals surface area (Å²) in [6.45, 7) is 1.02. The lowest BCUT2D eigenvalue weighted by atomic mass is 10.0. The van der Waals surface area contributed by atoms with Crippen molar-refractivity contribution >= 4 is 27.3 Å². The van der Waals surface area contributed by atoms with Gasteiger partial charge >= 0.3 is 0 Å². The maximum atomic E-state index is 12.6. The van der Waals surface area contributed by atoms with Crippen LogP contribution in [0.15, 0.2) is 47.4 Å². The number of fused-ring (bicyclic) bond motifs is 1. The van der Waals surface area contributed by atoms with Crippen LogP contribution in [0, 0.1) is 0 Å². The molecule has 1 N–H and O–H groups in total. The molecule has 0 bridgehead atoms. The fourth-order valence-corrected chi connectivity index (χ4v) is 4.38. The van der Waals surface area contributed by atoms with Crippen molar-refractivity contribution in [2.75, 3.05) is 44.5 Å². The predicted molar refractivity (Wildman–Crippen MR) is 109 cm³/mol. The smallest absolute Gasteiger partial charge is 0.246 e. The molecule has 1 aliphatic heterocycles. The normalized spacial score (nSPS) is 13.9. The number of rotatable bonds is 6. The van der Waals surface area contributed by atoms with E-state index in [-0.39, 0.29) is 23.1 Å². The van der Waals surface area contributed by atoms with Crippen LogP contribution in [0.3, 0.4) is 0 Å². The molecule has 7 nitrogen and oxygen atoms in total. The molecular weight excluding hydrogens is 378 g/mol. The molecular formula is C20H25N3O4S. The highest BCUT2D eigenvalue weighted by Gasteiger charge is 2.23. The Morgan fingerprint density at radius 2 is 1.96 bits per heavy atom. The van der Waals surface area contributed by atoms with Gasteiger partial charge in [-0.3, -0.25) is 4.79 Å². The van der Waals surface area contributed by atoms with Gasteiger partial charge in [-0.2, -0.15) is 0 Å². The van der Waals surface area contributed by atoms with Crippen LogP contribution in [0.1, 0.15) is 12.0 Å². The van der Waals surface area contributed by atoms with Crippen molar-refractivity contribution in [3.8, 4) is 5.75 Å². The van der Waals surface area contributed by atoms with E-state index in [2.05, 4.69) is 16.3 Å². The van der Waals surface area contributed by atoms with Crippen LogP contribution >= 0.6 is 0 Å². The van der Waals surface area contributed by atoms with Gasteiger partial charge in [0.05, 0.1) is 13.7 Å². The Hall–Kier alpha value is -2.58. The monoisotopic (exact) mass is 403 g/mol. The summed E-state index contributed by atoms with van der Waals surface area (Å²) < 4.78 is 31.3. The first kappa shape index (κ1) is 20.2. The second-order valence-corrected chi connectivity index (χ2v) is 8.98. The standard InChI is InChI=1S/C20H25N3O4S/c1-22(2)28(25,26)19-13-16(10-11-18(19)27-3)21-20(24)14-23-12-6-8-15-7-4-5-9-17(15)23/h4-5,7,9-11,13H,6,8,12,14H2,1-3H3,(H,21,24). The lowest BCUT2D eigenvalue weighted by Crippen LogP contribution is -2.36. The highest BCUT2D eigenvalue weighted by molar-refractivity contribution is 7.89. The maximum absolute atomic E-state index is 12.6. The van der Waals surface area contributed by atoms with E-state index in [1.54, 1.807) is 12.1 Å². The van der Waals surface area contributed by atoms with Crippen LogP contribution < -0.4 is 15.0 Å². The highest BCUT2D eigenvalue weighted by atomic mass is 32.2. The first-order valence-corrected chi connectivity index (χ1v) is 10.5. The van der Waals surface area contributed by atoms with Gasteiger partial charge in [-0.1, -0.05) is 18.2 Å². The number of methoxy groups -OCH3 is 1. The topological polar surface area (TPSA) is 79.0 Å². The molecule has 0 fully saturated rings. The number of nitrogens with one attached hydrogen (secondary N) is 1. The molecule has 0 aliphatic carbocycles. The van der Waals surface area contributed by atoms with Gasteiger partial charge in [0.15, 0.2) is 0 Å². The van der Waals surface area contributed by atoms with E-state index in [4.69, 9.17) is 4.74 Å². The summed E-state index contributed by atoms with van der Waals surface area (Å²) in [7, 11) is 0.619. The lowest BCUT2D eigenvalue weighted by Gasteiger charge is -2.30. The van der Waals surface area contributed by atoms with E-state index in [1.165, 1.54) is 32.8 Å². The minimum Gasteiger partial charge on any atom is -0.495 e. The van der Waals surface area contributed by atoms with E-state index in [1.807, 2.05) is 18.2 Å². The van der Waals surface area contributed by atoms with Crippen molar-refractivity contribution < 1.29 is 17.9 Å². The Balaban J connectivity index is 1.78. The van der Waals surface area contributed by atoms with Gasteiger partial charge in [0.2, 0.25) is 15.9 Å². The Kier molecular flexibility index (Phi) is 5.90. The third-order valence-electron chi connectivity index (χ3n) is 4.75. The van der Waals surface area contributed by atoms with Crippen molar-refractivity contribution in [3.05, 3.63) is 48.0 Å². The van der Waals surface area contributed by atoms with Gasteiger partial charge in [-0.25, -0.2) is 12.7 Å². The third kappa shape index (κ3) is 4.13. The molecule has 0 unspecified atom stereocenters. The van der Waals surface area contributed by atoms with E-state index in [9.17, 15) is 13.2 Å². The molecule has 2 aromatic carbocycles. The second kappa shape index (κ2) is 8.20. The van der Waals surface area contributed by atoms with E-state index < -0.39 is 10.0 Å². The van der Waals surface area contributed by atoms with Crippen molar-refractivity contribution in [2.45, 2.75) is 17.7 Å². The molecule has 0 atom stereocenters. The van der Waals surface area contributed by atoms with Crippen molar-refractivity contribution in [2.24, 2.45) is 0 Å². The quantitative estimate of drug-likeness (QED) is 0.801. The fraction of sp³-hybridized carbons (Fsp3) is 0.350. The van der Waals surface area contributed by atoms with Gasteiger partial charge in [0, 0.05) is 32.0 Å². The molecule has 1 heterocycles. The third-order valence-corrected chi connectivity index (χ3v) is 6.58. The van der Waals surface area contributed by atoms with E-state index >= 15 is 0 Å². The number of hydrogen-bond acceptors (Lipinski definition) is 5. The summed E-state index contributed by atoms with van der Waals surface area (Å²) in [5.74, 6) is 0.0340. The Morgan fingerprint density at radius 1 is 1.21 bits per heavy atom. The fourth-order valence-electron chi connectivity index (χ4n) is 3.30. The first-order valence-electron chi connectivity index (χ1n) is 9.06. The number of sulfonamides is 1. The van der Waals surface area contributed by atoms with Crippen LogP contribution in [-0.2, 0) is 21.2 Å². The number of ether oxygens (including phenoxy) is 1. The molecule has 0 aromatic heterocycles. The zero-order valence-corrected chi connectivity index (χ0v) is 17.1.